The van der Waals surface area contributed by atoms with Gasteiger partial charge in [-0.3, -0.25) is 0 Å². The van der Waals surface area contributed by atoms with Gasteiger partial charge in [-0.25, -0.2) is 4.99 Å². The van der Waals surface area contributed by atoms with Crippen LogP contribution in [0.1, 0.15) is 24.5 Å². The summed E-state index contributed by atoms with van der Waals surface area (Å²) in [5.74, 6) is 0.290. The SMILES string of the molecule is C=C1NC(=Nc2ccc(OC(F)(F)F)cc2C)N(Cc2ccccc2)C=C1CC. The van der Waals surface area contributed by atoms with E-state index in [-0.39, 0.29) is 5.75 Å². The van der Waals surface area contributed by atoms with Gasteiger partial charge in [0.2, 0.25) is 5.96 Å². The fraction of sp³-hybridized carbons (Fsp3) is 0.227. The van der Waals surface area contributed by atoms with E-state index in [1.54, 1.807) is 6.92 Å². The molecule has 2 aromatic rings. The van der Waals surface area contributed by atoms with Crippen molar-refractivity contribution >= 4 is 11.6 Å². The van der Waals surface area contributed by atoms with Gasteiger partial charge in [0.05, 0.1) is 12.2 Å². The lowest BCUT2D eigenvalue weighted by atomic mass is 10.1. The molecular weight excluding hydrogens is 379 g/mol. The van der Waals surface area contributed by atoms with Crippen LogP contribution in [-0.4, -0.2) is 17.2 Å². The normalized spacial score (nSPS) is 15.9. The number of hydrogen-bond acceptors (Lipinski definition) is 2. The fourth-order valence-corrected chi connectivity index (χ4v) is 2.98. The van der Waals surface area contributed by atoms with Crippen molar-refractivity contribution in [3.8, 4) is 5.75 Å². The molecule has 1 heterocycles. The van der Waals surface area contributed by atoms with E-state index in [9.17, 15) is 13.2 Å². The van der Waals surface area contributed by atoms with Gasteiger partial charge in [-0.15, -0.1) is 13.2 Å². The van der Waals surface area contributed by atoms with Crippen LogP contribution < -0.4 is 10.1 Å². The molecule has 0 amide bonds. The number of nitrogens with one attached hydrogen (secondary N) is 1. The first-order valence-corrected chi connectivity index (χ1v) is 9.18. The number of halogens is 3. The standard InChI is InChI=1S/C22H22F3N3O/c1-4-18-14-28(13-17-8-6-5-7-9-17)21(26-16(18)3)27-20-11-10-19(12-15(20)2)29-22(23,24)25/h5-12,14H,3-4,13H2,1-2H3,(H,26,27). The van der Waals surface area contributed by atoms with Gasteiger partial charge in [0.15, 0.2) is 0 Å². The summed E-state index contributed by atoms with van der Waals surface area (Å²) >= 11 is 0. The van der Waals surface area contributed by atoms with Crippen LogP contribution in [0.2, 0.25) is 0 Å². The van der Waals surface area contributed by atoms with Crippen LogP contribution in [-0.2, 0) is 6.54 Å². The summed E-state index contributed by atoms with van der Waals surface area (Å²) in [5, 5.41) is 3.22. The fourth-order valence-electron chi connectivity index (χ4n) is 2.98. The maximum Gasteiger partial charge on any atom is 0.573 e. The van der Waals surface area contributed by atoms with Crippen LogP contribution in [0.25, 0.3) is 0 Å². The molecule has 0 saturated heterocycles. The minimum atomic E-state index is -4.73. The van der Waals surface area contributed by atoms with E-state index < -0.39 is 6.36 Å². The number of aliphatic imine (C=N–C) groups is 1. The van der Waals surface area contributed by atoms with Crippen LogP contribution in [0.5, 0.6) is 5.75 Å². The van der Waals surface area contributed by atoms with Crippen LogP contribution in [0.15, 0.2) is 77.6 Å². The number of ether oxygens (including phenoxy) is 1. The minimum Gasteiger partial charge on any atom is -0.406 e. The molecule has 1 N–H and O–H groups in total. The lowest BCUT2D eigenvalue weighted by molar-refractivity contribution is -0.274. The number of benzene rings is 2. The molecule has 0 atom stereocenters. The van der Waals surface area contributed by atoms with E-state index in [0.717, 1.165) is 23.3 Å². The number of rotatable bonds is 5. The highest BCUT2D eigenvalue weighted by Crippen LogP contribution is 2.29. The van der Waals surface area contributed by atoms with E-state index >= 15 is 0 Å². The summed E-state index contributed by atoms with van der Waals surface area (Å²) in [6, 6.07) is 14.0. The van der Waals surface area contributed by atoms with E-state index in [1.807, 2.05) is 48.4 Å². The van der Waals surface area contributed by atoms with Crippen molar-refractivity contribution in [2.45, 2.75) is 33.2 Å². The maximum absolute atomic E-state index is 12.4. The molecule has 0 radical (unpaired) electrons. The Morgan fingerprint density at radius 1 is 1.14 bits per heavy atom. The second-order valence-electron chi connectivity index (χ2n) is 6.66. The van der Waals surface area contributed by atoms with Gasteiger partial charge in [0.1, 0.15) is 5.75 Å². The highest BCUT2D eigenvalue weighted by atomic mass is 19.4. The van der Waals surface area contributed by atoms with Gasteiger partial charge >= 0.3 is 6.36 Å². The first-order valence-electron chi connectivity index (χ1n) is 9.18. The Balaban J connectivity index is 1.92. The van der Waals surface area contributed by atoms with Crippen molar-refractivity contribution < 1.29 is 17.9 Å². The molecule has 4 nitrogen and oxygen atoms in total. The first kappa shape index (κ1) is 20.5. The van der Waals surface area contributed by atoms with E-state index in [4.69, 9.17) is 0 Å². The van der Waals surface area contributed by atoms with Crippen molar-refractivity contribution in [1.29, 1.82) is 0 Å². The van der Waals surface area contributed by atoms with E-state index in [1.165, 1.54) is 18.2 Å². The van der Waals surface area contributed by atoms with Crippen molar-refractivity contribution in [3.63, 3.8) is 0 Å². The molecule has 0 spiro atoms. The molecule has 0 unspecified atom stereocenters. The van der Waals surface area contributed by atoms with Gasteiger partial charge in [0, 0.05) is 11.9 Å². The van der Waals surface area contributed by atoms with Crippen molar-refractivity contribution in [1.82, 2.24) is 10.2 Å². The summed E-state index contributed by atoms with van der Waals surface area (Å²) in [5.41, 5.74) is 4.03. The number of hydrogen-bond donors (Lipinski definition) is 1. The van der Waals surface area contributed by atoms with E-state index in [0.29, 0.717) is 23.8 Å². The zero-order chi connectivity index (χ0) is 21.0. The molecule has 2 aromatic carbocycles. The number of allylic oxidation sites excluding steroid dienone is 1. The third kappa shape index (κ3) is 5.40. The van der Waals surface area contributed by atoms with Gasteiger partial charge in [-0.2, -0.15) is 0 Å². The van der Waals surface area contributed by atoms with Crippen LogP contribution in [0.3, 0.4) is 0 Å². The molecule has 0 aliphatic carbocycles. The Kier molecular flexibility index (Phi) is 5.96. The molecule has 1 aliphatic rings. The average Bonchev–Trinajstić information content (AvgIpc) is 2.65. The Morgan fingerprint density at radius 2 is 1.86 bits per heavy atom. The highest BCUT2D eigenvalue weighted by Gasteiger charge is 2.31. The molecule has 0 aromatic heterocycles. The predicted octanol–water partition coefficient (Wildman–Crippen LogP) is 5.79. The minimum absolute atomic E-state index is 0.269. The van der Waals surface area contributed by atoms with Crippen LogP contribution in [0.4, 0.5) is 18.9 Å². The average molecular weight is 401 g/mol. The smallest absolute Gasteiger partial charge is 0.406 e. The Bertz CT molecular complexity index is 950. The van der Waals surface area contributed by atoms with Gasteiger partial charge < -0.3 is 15.0 Å². The molecule has 0 bridgehead atoms. The Labute approximate surface area is 168 Å². The number of nitrogens with zero attached hydrogens (tertiary/aromatic N) is 2. The van der Waals surface area contributed by atoms with Crippen LogP contribution >= 0.6 is 0 Å². The molecule has 152 valence electrons. The highest BCUT2D eigenvalue weighted by molar-refractivity contribution is 5.87. The second-order valence-corrected chi connectivity index (χ2v) is 6.66. The van der Waals surface area contributed by atoms with Crippen LogP contribution in [0, 0.1) is 6.92 Å². The summed E-state index contributed by atoms with van der Waals surface area (Å²) in [7, 11) is 0. The number of alkyl halides is 3. The van der Waals surface area contributed by atoms with Gasteiger partial charge in [-0.05, 0) is 48.2 Å². The molecule has 3 rings (SSSR count). The first-order chi connectivity index (χ1) is 13.7. The van der Waals surface area contributed by atoms with E-state index in [2.05, 4.69) is 21.6 Å². The third-order valence-corrected chi connectivity index (χ3v) is 4.44. The second kappa shape index (κ2) is 8.43. The zero-order valence-electron chi connectivity index (χ0n) is 16.3. The lowest BCUT2D eigenvalue weighted by Gasteiger charge is -2.30. The number of aryl methyl sites for hydroxylation is 1. The summed E-state index contributed by atoms with van der Waals surface area (Å²) < 4.78 is 41.3. The largest absolute Gasteiger partial charge is 0.573 e. The molecular formula is C22H22F3N3O. The maximum atomic E-state index is 12.4. The molecule has 7 heteroatoms. The summed E-state index contributed by atoms with van der Waals surface area (Å²) in [6.07, 6.45) is -1.91. The van der Waals surface area contributed by atoms with Gasteiger partial charge in [-0.1, -0.05) is 43.8 Å². The predicted molar refractivity (Wildman–Crippen MR) is 108 cm³/mol. The summed E-state index contributed by atoms with van der Waals surface area (Å²) in [6.45, 7) is 8.38. The third-order valence-electron chi connectivity index (χ3n) is 4.44. The van der Waals surface area contributed by atoms with Crippen molar-refractivity contribution in [3.05, 3.63) is 83.7 Å². The van der Waals surface area contributed by atoms with Crippen molar-refractivity contribution in [2.24, 2.45) is 4.99 Å². The molecule has 29 heavy (non-hydrogen) atoms. The Hall–Kier alpha value is -3.22. The quantitative estimate of drug-likeness (QED) is 0.689. The van der Waals surface area contributed by atoms with Gasteiger partial charge in [0.25, 0.3) is 0 Å². The zero-order valence-corrected chi connectivity index (χ0v) is 16.3. The molecule has 0 fully saturated rings. The topological polar surface area (TPSA) is 36.9 Å². The summed E-state index contributed by atoms with van der Waals surface area (Å²) in [4.78, 5) is 6.62. The van der Waals surface area contributed by atoms with Crippen molar-refractivity contribution in [2.75, 3.05) is 0 Å². The monoisotopic (exact) mass is 401 g/mol. The molecule has 0 saturated carbocycles. The lowest BCUT2D eigenvalue weighted by Crippen LogP contribution is -2.41. The number of guanidine groups is 1. The Morgan fingerprint density at radius 3 is 2.48 bits per heavy atom. The molecule has 1 aliphatic heterocycles.